The molecular weight excluding hydrogens is 348 g/mol. The molecule has 1 saturated heterocycles. The molecule has 1 aliphatic heterocycles. The van der Waals surface area contributed by atoms with E-state index >= 15 is 0 Å². The van der Waals surface area contributed by atoms with Crippen LogP contribution in [0.1, 0.15) is 23.2 Å². The summed E-state index contributed by atoms with van der Waals surface area (Å²) in [6.07, 6.45) is 1.68. The van der Waals surface area contributed by atoms with Gasteiger partial charge < -0.3 is 24.8 Å². The molecule has 0 bridgehead atoms. The second kappa shape index (κ2) is 8.11. The van der Waals surface area contributed by atoms with Gasteiger partial charge in [-0.3, -0.25) is 4.79 Å². The van der Waals surface area contributed by atoms with E-state index in [1.54, 1.807) is 38.5 Å². The smallest absolute Gasteiger partial charge is 0.225 e. The van der Waals surface area contributed by atoms with Gasteiger partial charge in [-0.2, -0.15) is 9.97 Å². The highest BCUT2D eigenvalue weighted by atomic mass is 16.5. The summed E-state index contributed by atoms with van der Waals surface area (Å²) in [5.74, 6) is 2.27. The fraction of sp³-hybridized carbons (Fsp3) is 0.421. The van der Waals surface area contributed by atoms with Crippen molar-refractivity contribution in [1.82, 2.24) is 9.97 Å². The van der Waals surface area contributed by atoms with E-state index in [4.69, 9.17) is 19.9 Å². The number of methoxy groups -OCH3 is 3. The topological polar surface area (TPSA) is 99.8 Å². The van der Waals surface area contributed by atoms with Crippen molar-refractivity contribution in [2.24, 2.45) is 5.92 Å². The van der Waals surface area contributed by atoms with E-state index < -0.39 is 0 Å². The van der Waals surface area contributed by atoms with Gasteiger partial charge in [-0.1, -0.05) is 0 Å². The predicted octanol–water partition coefficient (Wildman–Crippen LogP) is 2.18. The normalized spacial score (nSPS) is 16.7. The highest BCUT2D eigenvalue weighted by molar-refractivity contribution is 6.01. The molecule has 0 unspecified atom stereocenters. The molecule has 0 aliphatic carbocycles. The Hall–Kier alpha value is -3.03. The summed E-state index contributed by atoms with van der Waals surface area (Å²) < 4.78 is 15.8. The maximum Gasteiger partial charge on any atom is 0.225 e. The number of nitrogens with zero attached hydrogens (tertiary/aromatic N) is 3. The number of Topliss-reactive ketones (excluding diaryl/α,β-unsaturated/α-hetero) is 1. The minimum atomic E-state index is -0.164. The number of hydrogen-bond donors (Lipinski definition) is 1. The van der Waals surface area contributed by atoms with Crippen molar-refractivity contribution in [2.75, 3.05) is 45.1 Å². The summed E-state index contributed by atoms with van der Waals surface area (Å²) in [7, 11) is 4.66. The van der Waals surface area contributed by atoms with Gasteiger partial charge in [-0.15, -0.1) is 0 Å². The van der Waals surface area contributed by atoms with E-state index in [0.29, 0.717) is 35.3 Å². The number of nitrogen functional groups attached to an aromatic ring is 1. The third-order valence-corrected chi connectivity index (χ3v) is 4.71. The summed E-state index contributed by atoms with van der Waals surface area (Å²) in [4.78, 5) is 23.5. The summed E-state index contributed by atoms with van der Waals surface area (Å²) in [6, 6.07) is 6.98. The maximum atomic E-state index is 13.1. The van der Waals surface area contributed by atoms with Crippen molar-refractivity contribution >= 4 is 17.5 Å². The van der Waals surface area contributed by atoms with Crippen LogP contribution < -0.4 is 24.8 Å². The number of ether oxygens (including phenoxy) is 3. The number of anilines is 2. The zero-order valence-corrected chi connectivity index (χ0v) is 15.8. The molecular formula is C19H24N4O4. The van der Waals surface area contributed by atoms with Crippen LogP contribution in [0.3, 0.4) is 0 Å². The first-order valence-corrected chi connectivity index (χ1v) is 8.75. The van der Waals surface area contributed by atoms with Crippen molar-refractivity contribution in [2.45, 2.75) is 12.8 Å². The number of ketones is 1. The van der Waals surface area contributed by atoms with Crippen molar-refractivity contribution in [3.63, 3.8) is 0 Å². The number of benzene rings is 1. The van der Waals surface area contributed by atoms with Gasteiger partial charge in [0.15, 0.2) is 5.78 Å². The fourth-order valence-electron chi connectivity index (χ4n) is 3.32. The number of nitrogens with two attached hydrogens (primary N) is 1. The third kappa shape index (κ3) is 4.05. The Labute approximate surface area is 158 Å². The third-order valence-electron chi connectivity index (χ3n) is 4.71. The molecule has 0 spiro atoms. The van der Waals surface area contributed by atoms with Crippen LogP contribution in [0.4, 0.5) is 11.8 Å². The molecule has 2 N–H and O–H groups in total. The first-order chi connectivity index (χ1) is 13.0. The van der Waals surface area contributed by atoms with Gasteiger partial charge in [0.2, 0.25) is 11.8 Å². The van der Waals surface area contributed by atoms with Crippen LogP contribution in [0.5, 0.6) is 17.4 Å². The van der Waals surface area contributed by atoms with Gasteiger partial charge in [0, 0.05) is 31.1 Å². The lowest BCUT2D eigenvalue weighted by molar-refractivity contribution is 0.0904. The molecule has 1 atom stereocenters. The molecule has 1 fully saturated rings. The Morgan fingerprint density at radius 2 is 1.96 bits per heavy atom. The second-order valence-corrected chi connectivity index (χ2v) is 6.34. The van der Waals surface area contributed by atoms with E-state index in [-0.39, 0.29) is 17.6 Å². The summed E-state index contributed by atoms with van der Waals surface area (Å²) in [6.45, 7) is 1.34. The average molecular weight is 372 g/mol. The number of aromatic nitrogens is 2. The van der Waals surface area contributed by atoms with Gasteiger partial charge in [0.1, 0.15) is 17.3 Å². The van der Waals surface area contributed by atoms with Gasteiger partial charge in [-0.25, -0.2) is 0 Å². The second-order valence-electron chi connectivity index (χ2n) is 6.34. The van der Waals surface area contributed by atoms with Crippen molar-refractivity contribution in [1.29, 1.82) is 0 Å². The van der Waals surface area contributed by atoms with Crippen LogP contribution in [-0.2, 0) is 0 Å². The van der Waals surface area contributed by atoms with E-state index in [1.165, 1.54) is 7.11 Å². The molecule has 1 aromatic heterocycles. The zero-order chi connectivity index (χ0) is 19.4. The van der Waals surface area contributed by atoms with Gasteiger partial charge in [0.25, 0.3) is 0 Å². The Kier molecular flexibility index (Phi) is 5.63. The first-order valence-electron chi connectivity index (χ1n) is 8.75. The average Bonchev–Trinajstić information content (AvgIpc) is 2.72. The fourth-order valence-corrected chi connectivity index (χ4v) is 3.32. The summed E-state index contributed by atoms with van der Waals surface area (Å²) in [5.41, 5.74) is 6.33. The monoisotopic (exact) mass is 372 g/mol. The molecule has 3 rings (SSSR count). The van der Waals surface area contributed by atoms with Gasteiger partial charge >= 0.3 is 0 Å². The van der Waals surface area contributed by atoms with Gasteiger partial charge in [0.05, 0.1) is 26.9 Å². The quantitative estimate of drug-likeness (QED) is 0.770. The molecule has 1 aromatic carbocycles. The number of carbonyl (C=O) groups is 1. The standard InChI is InChI=1S/C19H24N4O4/c1-25-13-6-7-14(15(9-13)26-2)18(24)12-5-4-8-23(11-12)16-10-17(27-3)22-19(20)21-16/h6-7,9-10,12H,4-5,8,11H2,1-3H3,(H2,20,21,22)/t12-/m0/s1. The molecule has 0 saturated carbocycles. The van der Waals surface area contributed by atoms with Crippen molar-refractivity contribution in [3.8, 4) is 17.4 Å². The van der Waals surface area contributed by atoms with Crippen molar-refractivity contribution in [3.05, 3.63) is 29.8 Å². The molecule has 0 amide bonds. The molecule has 144 valence electrons. The largest absolute Gasteiger partial charge is 0.497 e. The summed E-state index contributed by atoms with van der Waals surface area (Å²) in [5, 5.41) is 0. The highest BCUT2D eigenvalue weighted by Crippen LogP contribution is 2.31. The SMILES string of the molecule is COc1ccc(C(=O)[C@H]2CCCN(c3cc(OC)nc(N)n3)C2)c(OC)c1. The minimum Gasteiger partial charge on any atom is -0.497 e. The van der Waals surface area contributed by atoms with Crippen LogP contribution in [-0.4, -0.2) is 50.2 Å². The number of piperidine rings is 1. The number of rotatable bonds is 6. The van der Waals surface area contributed by atoms with E-state index in [1.807, 2.05) is 4.90 Å². The Balaban J connectivity index is 1.82. The highest BCUT2D eigenvalue weighted by Gasteiger charge is 2.29. The zero-order valence-electron chi connectivity index (χ0n) is 15.8. The molecule has 0 radical (unpaired) electrons. The lowest BCUT2D eigenvalue weighted by Gasteiger charge is -2.33. The molecule has 8 nitrogen and oxygen atoms in total. The lowest BCUT2D eigenvalue weighted by atomic mass is 9.89. The minimum absolute atomic E-state index is 0.0493. The molecule has 1 aliphatic rings. The molecule has 8 heteroatoms. The predicted molar refractivity (Wildman–Crippen MR) is 102 cm³/mol. The lowest BCUT2D eigenvalue weighted by Crippen LogP contribution is -2.39. The van der Waals surface area contributed by atoms with Crippen LogP contribution in [0, 0.1) is 5.92 Å². The number of hydrogen-bond acceptors (Lipinski definition) is 8. The van der Waals surface area contributed by atoms with Gasteiger partial charge in [-0.05, 0) is 25.0 Å². The first kappa shape index (κ1) is 18.8. The molecule has 2 heterocycles. The number of carbonyl (C=O) groups excluding carboxylic acids is 1. The Bertz CT molecular complexity index is 827. The molecule has 2 aromatic rings. The summed E-state index contributed by atoms with van der Waals surface area (Å²) >= 11 is 0. The van der Waals surface area contributed by atoms with Crippen LogP contribution in [0.25, 0.3) is 0 Å². The van der Waals surface area contributed by atoms with Crippen molar-refractivity contribution < 1.29 is 19.0 Å². The van der Waals surface area contributed by atoms with Crippen LogP contribution in [0.2, 0.25) is 0 Å². The van der Waals surface area contributed by atoms with E-state index in [2.05, 4.69) is 9.97 Å². The van der Waals surface area contributed by atoms with Crippen LogP contribution in [0.15, 0.2) is 24.3 Å². The maximum absolute atomic E-state index is 13.1. The van der Waals surface area contributed by atoms with E-state index in [0.717, 1.165) is 19.4 Å². The Morgan fingerprint density at radius 3 is 2.67 bits per heavy atom. The van der Waals surface area contributed by atoms with E-state index in [9.17, 15) is 4.79 Å². The Morgan fingerprint density at radius 1 is 1.15 bits per heavy atom. The molecule has 27 heavy (non-hydrogen) atoms. The van der Waals surface area contributed by atoms with Crippen LogP contribution >= 0.6 is 0 Å².